The number of ether oxygens (including phenoxy) is 1. The third kappa shape index (κ3) is 1.60. The van der Waals surface area contributed by atoms with Crippen molar-refractivity contribution in [3.8, 4) is 5.75 Å². The third-order valence-corrected chi connectivity index (χ3v) is 3.04. The second-order valence-electron chi connectivity index (χ2n) is 4.14. The summed E-state index contributed by atoms with van der Waals surface area (Å²) in [6, 6.07) is 9.64. The maximum atomic E-state index is 12.4. The second-order valence-corrected chi connectivity index (χ2v) is 4.14. The van der Waals surface area contributed by atoms with Crippen molar-refractivity contribution in [2.24, 2.45) is 0 Å². The number of nitro groups is 1. The van der Waals surface area contributed by atoms with Crippen LogP contribution >= 0.6 is 0 Å². The minimum absolute atomic E-state index is 0.0316. The monoisotopic (exact) mass is 271 g/mol. The second kappa shape index (κ2) is 4.30. The molecule has 1 heterocycles. The molecule has 0 radical (unpaired) electrons. The summed E-state index contributed by atoms with van der Waals surface area (Å²) in [5, 5.41) is 23.6. The van der Waals surface area contributed by atoms with Gasteiger partial charge in [-0.2, -0.15) is 4.73 Å². The molecule has 0 aliphatic carbocycles. The molecule has 0 amide bonds. The third-order valence-electron chi connectivity index (χ3n) is 3.04. The van der Waals surface area contributed by atoms with E-state index in [1.807, 2.05) is 0 Å². The number of hydrogen-bond donors (Lipinski definition) is 0. The lowest BCUT2D eigenvalue weighted by molar-refractivity contribution is -0.552. The van der Waals surface area contributed by atoms with Crippen LogP contribution in [0.2, 0.25) is 0 Å². The highest BCUT2D eigenvalue weighted by Gasteiger charge is 2.28. The number of nitro benzene ring substituents is 1. The van der Waals surface area contributed by atoms with Gasteiger partial charge in [0.05, 0.1) is 12.0 Å². The maximum Gasteiger partial charge on any atom is 0.384 e. The van der Waals surface area contributed by atoms with Crippen molar-refractivity contribution in [3.05, 3.63) is 51.7 Å². The van der Waals surface area contributed by atoms with Crippen molar-refractivity contribution in [1.82, 2.24) is 4.98 Å². The van der Waals surface area contributed by atoms with Gasteiger partial charge in [-0.1, -0.05) is 12.1 Å². The number of benzene rings is 2. The Kier molecular flexibility index (Phi) is 2.60. The summed E-state index contributed by atoms with van der Waals surface area (Å²) >= 11 is 0. The molecule has 0 spiro atoms. The van der Waals surface area contributed by atoms with Crippen molar-refractivity contribution in [3.63, 3.8) is 0 Å². The van der Waals surface area contributed by atoms with E-state index < -0.39 is 4.92 Å². The molecule has 0 N–H and O–H groups in total. The molecular weight excluding hydrogens is 262 g/mol. The molecule has 7 nitrogen and oxygen atoms in total. The molecule has 0 fully saturated rings. The molecule has 3 rings (SSSR count). The number of nitrogens with zero attached hydrogens (tertiary/aromatic N) is 3. The predicted molar refractivity (Wildman–Crippen MR) is 71.4 cm³/mol. The summed E-state index contributed by atoms with van der Waals surface area (Å²) in [7, 11) is 1.32. The summed E-state index contributed by atoms with van der Waals surface area (Å²) in [6.07, 6.45) is 0. The van der Waals surface area contributed by atoms with Crippen LogP contribution in [-0.2, 0) is 0 Å². The number of fused-ring (bicyclic) bond motifs is 2. The van der Waals surface area contributed by atoms with Gasteiger partial charge in [-0.25, -0.2) is 4.98 Å². The lowest BCUT2D eigenvalue weighted by atomic mass is 10.2. The Labute approximate surface area is 112 Å². The number of aromatic nitrogens is 2. The molecule has 0 unspecified atom stereocenters. The molecular formula is C13H9N3O4. The quantitative estimate of drug-likeness (QED) is 0.233. The Hall–Kier alpha value is -2.96. The van der Waals surface area contributed by atoms with Crippen molar-refractivity contribution in [2.75, 3.05) is 7.11 Å². The highest BCUT2D eigenvalue weighted by atomic mass is 16.6. The molecule has 0 aliphatic heterocycles. The van der Waals surface area contributed by atoms with Crippen LogP contribution < -0.4 is 9.47 Å². The molecule has 0 bridgehead atoms. The maximum absolute atomic E-state index is 12.4. The Morgan fingerprint density at radius 1 is 1.20 bits per heavy atom. The van der Waals surface area contributed by atoms with Gasteiger partial charge in [0.2, 0.25) is 11.3 Å². The van der Waals surface area contributed by atoms with E-state index in [0.29, 0.717) is 10.2 Å². The van der Waals surface area contributed by atoms with E-state index in [1.165, 1.54) is 19.2 Å². The fraction of sp³-hybridized carbons (Fsp3) is 0.0769. The zero-order chi connectivity index (χ0) is 14.3. The lowest BCUT2D eigenvalue weighted by Gasteiger charge is -2.07. The Balaban J connectivity index is 2.56. The van der Waals surface area contributed by atoms with Crippen molar-refractivity contribution < 1.29 is 14.4 Å². The molecule has 3 aromatic rings. The van der Waals surface area contributed by atoms with Crippen LogP contribution in [0.4, 0.5) is 5.69 Å². The van der Waals surface area contributed by atoms with Crippen molar-refractivity contribution >= 4 is 27.8 Å². The van der Waals surface area contributed by atoms with Crippen LogP contribution in [0.5, 0.6) is 5.75 Å². The molecule has 0 saturated heterocycles. The largest absolute Gasteiger partial charge is 0.618 e. The highest BCUT2D eigenvalue weighted by molar-refractivity contribution is 5.89. The first-order valence-corrected chi connectivity index (χ1v) is 5.77. The van der Waals surface area contributed by atoms with Gasteiger partial charge in [-0.3, -0.25) is 10.1 Å². The van der Waals surface area contributed by atoms with Crippen molar-refractivity contribution in [2.45, 2.75) is 0 Å². The zero-order valence-corrected chi connectivity index (χ0v) is 10.4. The number of rotatable bonds is 2. The zero-order valence-electron chi connectivity index (χ0n) is 10.4. The van der Waals surface area contributed by atoms with E-state index in [4.69, 9.17) is 4.74 Å². The van der Waals surface area contributed by atoms with E-state index in [1.54, 1.807) is 24.3 Å². The predicted octanol–water partition coefficient (Wildman–Crippen LogP) is 1.94. The number of hydrogen-bond acceptors (Lipinski definition) is 5. The molecule has 2 aromatic carbocycles. The SMILES string of the molecule is COc1ccc2nc3ccccc3[n+]([O-])c2c1[N+](=O)[O-]. The minimum Gasteiger partial charge on any atom is -0.618 e. The first-order valence-electron chi connectivity index (χ1n) is 5.77. The van der Waals surface area contributed by atoms with E-state index in [2.05, 4.69) is 4.98 Å². The fourth-order valence-electron chi connectivity index (χ4n) is 2.16. The minimum atomic E-state index is -0.633. The van der Waals surface area contributed by atoms with Gasteiger partial charge in [-0.15, -0.1) is 0 Å². The van der Waals surface area contributed by atoms with E-state index in [-0.39, 0.29) is 28.0 Å². The molecule has 0 aliphatic rings. The van der Waals surface area contributed by atoms with E-state index in [0.717, 1.165) is 0 Å². The normalized spacial score (nSPS) is 10.8. The van der Waals surface area contributed by atoms with Crippen LogP contribution in [0, 0.1) is 15.3 Å². The Morgan fingerprint density at radius 3 is 2.65 bits per heavy atom. The smallest absolute Gasteiger partial charge is 0.384 e. The lowest BCUT2D eigenvalue weighted by Crippen LogP contribution is -2.29. The van der Waals surface area contributed by atoms with Gasteiger partial charge in [0.25, 0.3) is 0 Å². The van der Waals surface area contributed by atoms with Gasteiger partial charge in [0.15, 0.2) is 0 Å². The van der Waals surface area contributed by atoms with Crippen LogP contribution in [-0.4, -0.2) is 17.0 Å². The average Bonchev–Trinajstić information content (AvgIpc) is 2.46. The molecule has 100 valence electrons. The summed E-state index contributed by atoms with van der Waals surface area (Å²) < 4.78 is 5.49. The van der Waals surface area contributed by atoms with Gasteiger partial charge >= 0.3 is 11.2 Å². The first-order chi connectivity index (χ1) is 9.63. The van der Waals surface area contributed by atoms with Crippen LogP contribution in [0.1, 0.15) is 0 Å². The summed E-state index contributed by atoms with van der Waals surface area (Å²) in [6.45, 7) is 0. The van der Waals surface area contributed by atoms with Gasteiger partial charge in [-0.05, 0) is 18.2 Å². The van der Waals surface area contributed by atoms with E-state index in [9.17, 15) is 15.3 Å². The van der Waals surface area contributed by atoms with Gasteiger partial charge < -0.3 is 9.94 Å². The highest BCUT2D eigenvalue weighted by Crippen LogP contribution is 2.33. The topological polar surface area (TPSA) is 92.2 Å². The Morgan fingerprint density at radius 2 is 1.95 bits per heavy atom. The fourth-order valence-corrected chi connectivity index (χ4v) is 2.16. The number of para-hydroxylation sites is 2. The first kappa shape index (κ1) is 12.1. The summed E-state index contributed by atoms with van der Waals surface area (Å²) in [4.78, 5) is 14.9. The van der Waals surface area contributed by atoms with Crippen molar-refractivity contribution in [1.29, 1.82) is 0 Å². The molecule has 20 heavy (non-hydrogen) atoms. The Bertz CT molecular complexity index is 848. The average molecular weight is 271 g/mol. The van der Waals surface area contributed by atoms with Crippen LogP contribution in [0.25, 0.3) is 22.1 Å². The summed E-state index contributed by atoms with van der Waals surface area (Å²) in [5.41, 5.74) is 0.531. The molecule has 0 saturated carbocycles. The van der Waals surface area contributed by atoms with Crippen LogP contribution in [0.15, 0.2) is 36.4 Å². The van der Waals surface area contributed by atoms with Crippen LogP contribution in [0.3, 0.4) is 0 Å². The molecule has 7 heteroatoms. The van der Waals surface area contributed by atoms with E-state index >= 15 is 0 Å². The standard InChI is InChI=1S/C13H9N3O4/c1-20-11-7-6-9-12(13(11)16(18)19)15(17)10-5-3-2-4-8(10)14-9/h2-7H,1H3. The van der Waals surface area contributed by atoms with Gasteiger partial charge in [0, 0.05) is 6.07 Å². The molecule has 1 aromatic heterocycles. The number of methoxy groups -OCH3 is 1. The van der Waals surface area contributed by atoms with Gasteiger partial charge in [0.1, 0.15) is 11.0 Å². The summed E-state index contributed by atoms with van der Waals surface area (Å²) in [5.74, 6) is 0.0316. The molecule has 0 atom stereocenters.